The van der Waals surface area contributed by atoms with Crippen molar-refractivity contribution in [2.24, 2.45) is 5.92 Å². The van der Waals surface area contributed by atoms with Gasteiger partial charge in [-0.3, -0.25) is 4.90 Å². The monoisotopic (exact) mass is 331 g/mol. The summed E-state index contributed by atoms with van der Waals surface area (Å²) in [6.45, 7) is 2.74. The van der Waals surface area contributed by atoms with E-state index in [-0.39, 0.29) is 5.56 Å². The molecule has 1 fully saturated rings. The molecule has 128 valence electrons. The van der Waals surface area contributed by atoms with Gasteiger partial charge in [0.15, 0.2) is 0 Å². The highest BCUT2D eigenvalue weighted by Gasteiger charge is 2.21. The molecule has 0 bridgehead atoms. The Bertz CT molecular complexity index is 670. The van der Waals surface area contributed by atoms with Gasteiger partial charge in [-0.25, -0.2) is 13.8 Å². The Hall–Kier alpha value is -2.01. The SMILES string of the molecule is Nc1ncccc1CN1CCCC(CCc2c(F)cccc2F)C1. The fourth-order valence-electron chi connectivity index (χ4n) is 3.48. The number of aromatic nitrogens is 1. The first kappa shape index (κ1) is 16.8. The molecule has 0 spiro atoms. The third kappa shape index (κ3) is 4.09. The van der Waals surface area contributed by atoms with Gasteiger partial charge in [-0.1, -0.05) is 12.1 Å². The average molecular weight is 331 g/mol. The largest absolute Gasteiger partial charge is 0.383 e. The summed E-state index contributed by atoms with van der Waals surface area (Å²) in [5, 5.41) is 0. The molecule has 3 nitrogen and oxygen atoms in total. The summed E-state index contributed by atoms with van der Waals surface area (Å²) in [7, 11) is 0. The van der Waals surface area contributed by atoms with Crippen molar-refractivity contribution in [2.75, 3.05) is 18.8 Å². The molecule has 0 radical (unpaired) electrons. The molecular formula is C19H23F2N3. The van der Waals surface area contributed by atoms with E-state index in [2.05, 4.69) is 9.88 Å². The standard InChI is InChI=1S/C19H23F2N3/c20-17-6-1-7-18(21)16(17)9-8-14-4-3-11-24(12-14)13-15-5-2-10-23-19(15)22/h1-2,5-7,10,14H,3-4,8-9,11-13H2,(H2,22,23). The van der Waals surface area contributed by atoms with E-state index in [9.17, 15) is 8.78 Å². The first-order valence-corrected chi connectivity index (χ1v) is 8.48. The first-order valence-electron chi connectivity index (χ1n) is 8.48. The fourth-order valence-corrected chi connectivity index (χ4v) is 3.48. The maximum Gasteiger partial charge on any atom is 0.129 e. The zero-order valence-electron chi connectivity index (χ0n) is 13.7. The molecule has 0 amide bonds. The number of piperidine rings is 1. The van der Waals surface area contributed by atoms with Crippen LogP contribution in [0.4, 0.5) is 14.6 Å². The molecule has 0 aliphatic carbocycles. The fraction of sp³-hybridized carbons (Fsp3) is 0.421. The van der Waals surface area contributed by atoms with Crippen LogP contribution in [0.5, 0.6) is 0 Å². The maximum atomic E-state index is 13.7. The normalized spacial score (nSPS) is 18.7. The Balaban J connectivity index is 1.57. The van der Waals surface area contributed by atoms with Gasteiger partial charge < -0.3 is 5.73 Å². The summed E-state index contributed by atoms with van der Waals surface area (Å²) >= 11 is 0. The first-order chi connectivity index (χ1) is 11.6. The smallest absolute Gasteiger partial charge is 0.129 e. The second kappa shape index (κ2) is 7.71. The van der Waals surface area contributed by atoms with E-state index in [0.29, 0.717) is 18.2 Å². The Morgan fingerprint density at radius 3 is 2.71 bits per heavy atom. The van der Waals surface area contributed by atoms with Crippen LogP contribution in [0.2, 0.25) is 0 Å². The van der Waals surface area contributed by atoms with Crippen molar-refractivity contribution in [3.05, 3.63) is 59.3 Å². The molecule has 24 heavy (non-hydrogen) atoms. The van der Waals surface area contributed by atoms with Crippen LogP contribution in [0.1, 0.15) is 30.4 Å². The summed E-state index contributed by atoms with van der Waals surface area (Å²) in [5.41, 5.74) is 7.17. The van der Waals surface area contributed by atoms with E-state index >= 15 is 0 Å². The van der Waals surface area contributed by atoms with Gasteiger partial charge in [-0.2, -0.15) is 0 Å². The zero-order chi connectivity index (χ0) is 16.9. The van der Waals surface area contributed by atoms with Crippen LogP contribution in [0.3, 0.4) is 0 Å². The van der Waals surface area contributed by atoms with Crippen molar-refractivity contribution in [2.45, 2.75) is 32.2 Å². The van der Waals surface area contributed by atoms with Crippen LogP contribution in [0, 0.1) is 17.6 Å². The molecule has 3 rings (SSSR count). The van der Waals surface area contributed by atoms with Crippen LogP contribution in [0.15, 0.2) is 36.5 Å². The third-order valence-electron chi connectivity index (χ3n) is 4.79. The molecule has 2 aromatic rings. The van der Waals surface area contributed by atoms with E-state index in [1.165, 1.54) is 18.2 Å². The number of hydrogen-bond donors (Lipinski definition) is 1. The summed E-state index contributed by atoms with van der Waals surface area (Å²) in [6.07, 6.45) is 5.16. The molecule has 0 saturated carbocycles. The lowest BCUT2D eigenvalue weighted by atomic mass is 9.91. The van der Waals surface area contributed by atoms with Crippen LogP contribution < -0.4 is 5.73 Å². The van der Waals surface area contributed by atoms with Gasteiger partial charge in [0.05, 0.1) is 0 Å². The van der Waals surface area contributed by atoms with Gasteiger partial charge in [-0.15, -0.1) is 0 Å². The minimum Gasteiger partial charge on any atom is -0.383 e. The Morgan fingerprint density at radius 1 is 1.17 bits per heavy atom. The number of halogens is 2. The van der Waals surface area contributed by atoms with Crippen LogP contribution in [-0.2, 0) is 13.0 Å². The highest BCUT2D eigenvalue weighted by atomic mass is 19.1. The number of pyridine rings is 1. The molecule has 1 saturated heterocycles. The molecule has 1 atom stereocenters. The van der Waals surface area contributed by atoms with Gasteiger partial charge in [0.25, 0.3) is 0 Å². The van der Waals surface area contributed by atoms with Crippen molar-refractivity contribution in [3.63, 3.8) is 0 Å². The molecule has 1 aliphatic heterocycles. The molecule has 1 aliphatic rings. The highest BCUT2D eigenvalue weighted by molar-refractivity contribution is 5.38. The number of nitrogen functional groups attached to an aromatic ring is 1. The third-order valence-corrected chi connectivity index (χ3v) is 4.79. The van der Waals surface area contributed by atoms with Gasteiger partial charge in [-0.05, 0) is 56.3 Å². The molecule has 1 unspecified atom stereocenters. The molecule has 2 N–H and O–H groups in total. The number of rotatable bonds is 5. The van der Waals surface area contributed by atoms with Gasteiger partial charge >= 0.3 is 0 Å². The predicted octanol–water partition coefficient (Wildman–Crippen LogP) is 3.79. The predicted molar refractivity (Wildman–Crippen MR) is 91.3 cm³/mol. The van der Waals surface area contributed by atoms with Gasteiger partial charge in [0, 0.05) is 30.4 Å². The Kier molecular flexibility index (Phi) is 5.41. The summed E-state index contributed by atoms with van der Waals surface area (Å²) in [4.78, 5) is 6.49. The van der Waals surface area contributed by atoms with Gasteiger partial charge in [0.2, 0.25) is 0 Å². The van der Waals surface area contributed by atoms with Crippen molar-refractivity contribution < 1.29 is 8.78 Å². The number of benzene rings is 1. The number of likely N-dealkylation sites (tertiary alicyclic amines) is 1. The van der Waals surface area contributed by atoms with Crippen LogP contribution in [0.25, 0.3) is 0 Å². The van der Waals surface area contributed by atoms with E-state index in [4.69, 9.17) is 5.73 Å². The molecule has 1 aromatic carbocycles. The lowest BCUT2D eigenvalue weighted by Crippen LogP contribution is -2.35. The Morgan fingerprint density at radius 2 is 1.96 bits per heavy atom. The number of hydrogen-bond acceptors (Lipinski definition) is 3. The topological polar surface area (TPSA) is 42.1 Å². The minimum atomic E-state index is -0.439. The number of nitrogens with two attached hydrogens (primary N) is 1. The highest BCUT2D eigenvalue weighted by Crippen LogP contribution is 2.25. The quantitative estimate of drug-likeness (QED) is 0.906. The van der Waals surface area contributed by atoms with Crippen molar-refractivity contribution in [1.82, 2.24) is 9.88 Å². The van der Waals surface area contributed by atoms with Gasteiger partial charge in [0.1, 0.15) is 17.5 Å². The number of nitrogens with zero attached hydrogens (tertiary/aromatic N) is 2. The number of anilines is 1. The van der Waals surface area contributed by atoms with Crippen molar-refractivity contribution >= 4 is 5.82 Å². The van der Waals surface area contributed by atoms with E-state index in [1.54, 1.807) is 6.20 Å². The minimum absolute atomic E-state index is 0.214. The zero-order valence-corrected chi connectivity index (χ0v) is 13.7. The van der Waals surface area contributed by atoms with E-state index < -0.39 is 11.6 Å². The molecule has 1 aromatic heterocycles. The van der Waals surface area contributed by atoms with Crippen molar-refractivity contribution in [3.8, 4) is 0 Å². The molecule has 2 heterocycles. The van der Waals surface area contributed by atoms with Crippen molar-refractivity contribution in [1.29, 1.82) is 0 Å². The van der Waals surface area contributed by atoms with Crippen LogP contribution >= 0.6 is 0 Å². The average Bonchev–Trinajstić information content (AvgIpc) is 2.57. The maximum absolute atomic E-state index is 13.7. The van der Waals surface area contributed by atoms with E-state index in [0.717, 1.165) is 44.5 Å². The Labute approximate surface area is 141 Å². The second-order valence-electron chi connectivity index (χ2n) is 6.53. The van der Waals surface area contributed by atoms with E-state index in [1.807, 2.05) is 12.1 Å². The summed E-state index contributed by atoms with van der Waals surface area (Å²) in [6, 6.07) is 7.97. The molecule has 5 heteroatoms. The van der Waals surface area contributed by atoms with Crippen LogP contribution in [-0.4, -0.2) is 23.0 Å². The lowest BCUT2D eigenvalue weighted by molar-refractivity contribution is 0.161. The summed E-state index contributed by atoms with van der Waals surface area (Å²) in [5.74, 6) is 0.153. The second-order valence-corrected chi connectivity index (χ2v) is 6.53. The summed E-state index contributed by atoms with van der Waals surface area (Å²) < 4.78 is 27.5. The lowest BCUT2D eigenvalue weighted by Gasteiger charge is -2.33. The molecular weight excluding hydrogens is 308 g/mol.